The number of rotatable bonds is 3. The molecule has 0 radical (unpaired) electrons. The number of nitro benzene ring substituents is 1. The Morgan fingerprint density at radius 2 is 1.36 bits per heavy atom. The van der Waals surface area contributed by atoms with Crippen molar-refractivity contribution in [3.63, 3.8) is 0 Å². The molecule has 4 rings (SSSR count). The first-order chi connectivity index (χ1) is 13.4. The lowest BCUT2D eigenvalue weighted by Gasteiger charge is -2.20. The van der Waals surface area contributed by atoms with Crippen molar-refractivity contribution in [1.82, 2.24) is 0 Å². The predicted octanol–water partition coefficient (Wildman–Crippen LogP) is 3.53. The number of benzene rings is 3. The van der Waals surface area contributed by atoms with E-state index in [2.05, 4.69) is 5.32 Å². The molecule has 3 N–H and O–H groups in total. The highest BCUT2D eigenvalue weighted by atomic mass is 16.6. The Labute approximate surface area is 157 Å². The number of ketones is 2. The zero-order valence-electron chi connectivity index (χ0n) is 14.2. The van der Waals surface area contributed by atoms with E-state index in [1.807, 2.05) is 0 Å². The molecule has 0 saturated heterocycles. The van der Waals surface area contributed by atoms with Crippen LogP contribution in [0.3, 0.4) is 0 Å². The lowest BCUT2D eigenvalue weighted by Crippen LogP contribution is -2.22. The number of carbonyl (C=O) groups is 2. The Hall–Kier alpha value is -4.20. The van der Waals surface area contributed by atoms with Gasteiger partial charge in [-0.3, -0.25) is 19.7 Å². The van der Waals surface area contributed by atoms with Crippen LogP contribution in [0.15, 0.2) is 54.6 Å². The van der Waals surface area contributed by atoms with E-state index in [-0.39, 0.29) is 27.9 Å². The third-order valence-corrected chi connectivity index (χ3v) is 4.49. The van der Waals surface area contributed by atoms with Crippen molar-refractivity contribution in [2.45, 2.75) is 0 Å². The Morgan fingerprint density at radius 1 is 0.821 bits per heavy atom. The average molecular weight is 376 g/mol. The molecule has 0 amide bonds. The number of phenols is 2. The molecule has 0 aliphatic heterocycles. The maximum absolute atomic E-state index is 12.9. The van der Waals surface area contributed by atoms with Gasteiger partial charge in [-0.15, -0.1) is 0 Å². The summed E-state index contributed by atoms with van der Waals surface area (Å²) in [6, 6.07) is 13.0. The average Bonchev–Trinajstić information content (AvgIpc) is 2.68. The van der Waals surface area contributed by atoms with Gasteiger partial charge in [0, 0.05) is 22.9 Å². The van der Waals surface area contributed by atoms with Gasteiger partial charge in [0.25, 0.3) is 5.69 Å². The van der Waals surface area contributed by atoms with Crippen LogP contribution in [0.4, 0.5) is 17.1 Å². The number of anilines is 2. The van der Waals surface area contributed by atoms with Crippen LogP contribution in [0.25, 0.3) is 0 Å². The standard InChI is InChI=1S/C20H12N2O6/c23-15-6-7-16(24)18-17(15)19(25)11-8-13(21-10-4-2-1-3-5-10)14(22(27)28)9-12(11)20(18)26/h1-9,21,23-24H. The highest BCUT2D eigenvalue weighted by Crippen LogP contribution is 2.41. The van der Waals surface area contributed by atoms with Crippen molar-refractivity contribution >= 4 is 28.6 Å². The predicted molar refractivity (Wildman–Crippen MR) is 99.5 cm³/mol. The number of nitro groups is 1. The van der Waals surface area contributed by atoms with Gasteiger partial charge in [0.1, 0.15) is 17.2 Å². The lowest BCUT2D eigenvalue weighted by atomic mass is 9.82. The molecule has 0 spiro atoms. The molecular formula is C20H12N2O6. The molecule has 3 aromatic carbocycles. The SMILES string of the molecule is O=C1c2cc(Nc3ccccc3)c([N+](=O)[O-])cc2C(=O)c2c(O)ccc(O)c21. The van der Waals surface area contributed by atoms with Crippen molar-refractivity contribution in [2.24, 2.45) is 0 Å². The van der Waals surface area contributed by atoms with Crippen molar-refractivity contribution in [3.8, 4) is 11.5 Å². The van der Waals surface area contributed by atoms with E-state index in [1.165, 1.54) is 6.07 Å². The van der Waals surface area contributed by atoms with Gasteiger partial charge in [-0.25, -0.2) is 0 Å². The van der Waals surface area contributed by atoms with Gasteiger partial charge in [-0.1, -0.05) is 18.2 Å². The Morgan fingerprint density at radius 3 is 1.89 bits per heavy atom. The fraction of sp³-hybridized carbons (Fsp3) is 0. The molecule has 1 aliphatic rings. The second-order valence-corrected chi connectivity index (χ2v) is 6.18. The molecular weight excluding hydrogens is 364 g/mol. The number of nitrogens with one attached hydrogen (secondary N) is 1. The van der Waals surface area contributed by atoms with Crippen LogP contribution in [0, 0.1) is 10.1 Å². The molecule has 28 heavy (non-hydrogen) atoms. The van der Waals surface area contributed by atoms with Crippen LogP contribution < -0.4 is 5.32 Å². The zero-order chi connectivity index (χ0) is 20.0. The summed E-state index contributed by atoms with van der Waals surface area (Å²) < 4.78 is 0. The van der Waals surface area contributed by atoms with E-state index < -0.39 is 33.7 Å². The minimum atomic E-state index is -0.771. The van der Waals surface area contributed by atoms with E-state index in [0.717, 1.165) is 18.2 Å². The molecule has 1 aliphatic carbocycles. The molecule has 138 valence electrons. The fourth-order valence-electron chi connectivity index (χ4n) is 3.20. The molecule has 0 aromatic heterocycles. The van der Waals surface area contributed by atoms with Gasteiger partial charge in [0.15, 0.2) is 11.6 Å². The Kier molecular flexibility index (Phi) is 3.82. The van der Waals surface area contributed by atoms with Gasteiger partial charge >= 0.3 is 0 Å². The number of aromatic hydroxyl groups is 2. The molecule has 3 aromatic rings. The monoisotopic (exact) mass is 376 g/mol. The van der Waals surface area contributed by atoms with Gasteiger partial charge in [-0.05, 0) is 30.3 Å². The van der Waals surface area contributed by atoms with E-state index in [1.54, 1.807) is 30.3 Å². The Balaban J connectivity index is 1.93. The van der Waals surface area contributed by atoms with Crippen LogP contribution in [0.1, 0.15) is 31.8 Å². The fourth-order valence-corrected chi connectivity index (χ4v) is 3.20. The molecule has 8 nitrogen and oxygen atoms in total. The number of para-hydroxylation sites is 1. The second-order valence-electron chi connectivity index (χ2n) is 6.18. The van der Waals surface area contributed by atoms with Crippen LogP contribution in [0.5, 0.6) is 11.5 Å². The molecule has 0 atom stereocenters. The van der Waals surface area contributed by atoms with E-state index in [9.17, 15) is 29.9 Å². The summed E-state index contributed by atoms with van der Waals surface area (Å²) in [5.74, 6) is -2.41. The number of fused-ring (bicyclic) bond motifs is 2. The van der Waals surface area contributed by atoms with E-state index >= 15 is 0 Å². The maximum atomic E-state index is 12.9. The summed E-state index contributed by atoms with van der Waals surface area (Å²) in [5.41, 5.74) is -0.800. The molecule has 0 fully saturated rings. The van der Waals surface area contributed by atoms with Crippen LogP contribution >= 0.6 is 0 Å². The number of carbonyl (C=O) groups excluding carboxylic acids is 2. The van der Waals surface area contributed by atoms with Crippen LogP contribution in [0.2, 0.25) is 0 Å². The first-order valence-electron chi connectivity index (χ1n) is 8.17. The van der Waals surface area contributed by atoms with Gasteiger partial charge < -0.3 is 15.5 Å². The smallest absolute Gasteiger partial charge is 0.293 e. The first kappa shape index (κ1) is 17.2. The summed E-state index contributed by atoms with van der Waals surface area (Å²) in [6.45, 7) is 0. The molecule has 0 bridgehead atoms. The van der Waals surface area contributed by atoms with Crippen molar-refractivity contribution in [3.05, 3.63) is 87.0 Å². The minimum absolute atomic E-state index is 0.0270. The minimum Gasteiger partial charge on any atom is -0.507 e. The number of phenolic OH excluding ortho intramolecular Hbond substituents is 2. The normalized spacial score (nSPS) is 12.3. The summed E-state index contributed by atoms with van der Waals surface area (Å²) >= 11 is 0. The molecule has 0 heterocycles. The van der Waals surface area contributed by atoms with Gasteiger partial charge in [-0.2, -0.15) is 0 Å². The molecule has 0 saturated carbocycles. The third-order valence-electron chi connectivity index (χ3n) is 4.49. The highest BCUT2D eigenvalue weighted by Gasteiger charge is 2.36. The van der Waals surface area contributed by atoms with Gasteiger partial charge in [0.2, 0.25) is 0 Å². The Bertz CT molecular complexity index is 1170. The van der Waals surface area contributed by atoms with Crippen LogP contribution in [-0.2, 0) is 0 Å². The summed E-state index contributed by atoms with van der Waals surface area (Å²) in [4.78, 5) is 36.6. The third kappa shape index (κ3) is 2.55. The lowest BCUT2D eigenvalue weighted by molar-refractivity contribution is -0.383. The topological polar surface area (TPSA) is 130 Å². The number of hydrogen-bond donors (Lipinski definition) is 3. The van der Waals surface area contributed by atoms with Crippen molar-refractivity contribution in [2.75, 3.05) is 5.32 Å². The highest BCUT2D eigenvalue weighted by molar-refractivity contribution is 6.30. The largest absolute Gasteiger partial charge is 0.507 e. The maximum Gasteiger partial charge on any atom is 0.293 e. The van der Waals surface area contributed by atoms with Crippen molar-refractivity contribution < 1.29 is 24.7 Å². The van der Waals surface area contributed by atoms with Gasteiger partial charge in [0.05, 0.1) is 16.1 Å². The number of nitrogens with zero attached hydrogens (tertiary/aromatic N) is 1. The summed E-state index contributed by atoms with van der Waals surface area (Å²) in [7, 11) is 0. The van der Waals surface area contributed by atoms with Crippen molar-refractivity contribution in [1.29, 1.82) is 0 Å². The van der Waals surface area contributed by atoms with E-state index in [4.69, 9.17) is 0 Å². The molecule has 0 unspecified atom stereocenters. The quantitative estimate of drug-likeness (QED) is 0.283. The second kappa shape index (κ2) is 6.20. The van der Waals surface area contributed by atoms with Crippen LogP contribution in [-0.4, -0.2) is 26.7 Å². The molecule has 8 heteroatoms. The summed E-state index contributed by atoms with van der Waals surface area (Å²) in [6.07, 6.45) is 0. The first-order valence-corrected chi connectivity index (χ1v) is 8.17. The summed E-state index contributed by atoms with van der Waals surface area (Å²) in [5, 5.41) is 34.4. The number of hydrogen-bond acceptors (Lipinski definition) is 7. The van der Waals surface area contributed by atoms with E-state index in [0.29, 0.717) is 5.69 Å². The zero-order valence-corrected chi connectivity index (χ0v) is 14.2.